The van der Waals surface area contributed by atoms with Gasteiger partial charge < -0.3 is 14.6 Å². The smallest absolute Gasteiger partial charge is 0.326 e. The molecule has 1 aliphatic heterocycles. The third kappa shape index (κ3) is 8.02. The van der Waals surface area contributed by atoms with Crippen LogP contribution in [0.15, 0.2) is 71.4 Å². The fourth-order valence-electron chi connectivity index (χ4n) is 5.09. The lowest BCUT2D eigenvalue weighted by Crippen LogP contribution is -2.49. The van der Waals surface area contributed by atoms with Crippen LogP contribution in [0, 0.1) is 19.7 Å². The summed E-state index contributed by atoms with van der Waals surface area (Å²) in [5.74, 6) is 1.27. The molecule has 1 fully saturated rings. The summed E-state index contributed by atoms with van der Waals surface area (Å²) in [7, 11) is 0. The largest absolute Gasteiger partial charge is 0.439 e. The lowest BCUT2D eigenvalue weighted by molar-refractivity contribution is 0.199. The first kappa shape index (κ1) is 30.3. The van der Waals surface area contributed by atoms with Crippen LogP contribution in [0.4, 0.5) is 20.6 Å². The van der Waals surface area contributed by atoms with E-state index in [4.69, 9.17) is 13.8 Å². The maximum absolute atomic E-state index is 13.5. The van der Waals surface area contributed by atoms with Crippen molar-refractivity contribution in [3.05, 3.63) is 95.3 Å². The first-order valence-corrected chi connectivity index (χ1v) is 14.9. The monoisotopic (exact) mass is 608 g/mol. The molecule has 3 N–H and O–H groups in total. The number of piperidine rings is 1. The zero-order valence-corrected chi connectivity index (χ0v) is 24.6. The molecule has 13 heteroatoms. The van der Waals surface area contributed by atoms with Gasteiger partial charge in [-0.1, -0.05) is 23.4 Å². The number of urea groups is 1. The van der Waals surface area contributed by atoms with Crippen LogP contribution in [0.1, 0.15) is 35.4 Å². The fourth-order valence-corrected chi connectivity index (χ4v) is 5.38. The summed E-state index contributed by atoms with van der Waals surface area (Å²) in [6, 6.07) is 16.3. The molecule has 1 aliphatic rings. The summed E-state index contributed by atoms with van der Waals surface area (Å²) >= 11 is -2.06. The van der Waals surface area contributed by atoms with E-state index in [1.165, 1.54) is 24.3 Å². The molecule has 0 saturated carbocycles. The van der Waals surface area contributed by atoms with Crippen molar-refractivity contribution in [2.75, 3.05) is 23.3 Å². The van der Waals surface area contributed by atoms with E-state index < -0.39 is 11.3 Å². The molecule has 43 heavy (non-hydrogen) atoms. The van der Waals surface area contributed by atoms with Gasteiger partial charge in [-0.05, 0) is 74.2 Å². The Morgan fingerprint density at radius 1 is 1.09 bits per heavy atom. The van der Waals surface area contributed by atoms with E-state index >= 15 is 0 Å². The van der Waals surface area contributed by atoms with Gasteiger partial charge in [0, 0.05) is 50.2 Å². The molecule has 5 rings (SSSR count). The number of aromatic nitrogens is 2. The number of carbonyl (C=O) groups is 1. The predicted octanol–water partition coefficient (Wildman–Crippen LogP) is 5.55. The Morgan fingerprint density at radius 2 is 1.79 bits per heavy atom. The van der Waals surface area contributed by atoms with E-state index in [-0.39, 0.29) is 24.4 Å². The van der Waals surface area contributed by atoms with Crippen molar-refractivity contribution in [3.8, 4) is 11.6 Å². The van der Waals surface area contributed by atoms with Gasteiger partial charge in [0.15, 0.2) is 5.76 Å². The van der Waals surface area contributed by atoms with Crippen LogP contribution in [0.5, 0.6) is 11.6 Å². The lowest BCUT2D eigenvalue weighted by atomic mass is 10.0. The van der Waals surface area contributed by atoms with Gasteiger partial charge in [0.1, 0.15) is 22.9 Å². The second-order valence-electron chi connectivity index (χ2n) is 10.3. The van der Waals surface area contributed by atoms with E-state index in [1.54, 1.807) is 30.2 Å². The van der Waals surface area contributed by atoms with E-state index in [1.807, 2.05) is 31.2 Å². The van der Waals surface area contributed by atoms with Crippen LogP contribution in [-0.4, -0.2) is 49.0 Å². The molecule has 1 atom stereocenters. The fraction of sp³-hybridized carbons (Fsp3) is 0.300. The van der Waals surface area contributed by atoms with Crippen LogP contribution in [0.25, 0.3) is 0 Å². The van der Waals surface area contributed by atoms with Gasteiger partial charge in [0.2, 0.25) is 17.1 Å². The number of nitrogens with zero attached hydrogens (tertiary/aromatic N) is 4. The summed E-state index contributed by atoms with van der Waals surface area (Å²) in [4.78, 5) is 22.0. The summed E-state index contributed by atoms with van der Waals surface area (Å²) in [6.45, 7) is 6.14. The van der Waals surface area contributed by atoms with E-state index in [0.29, 0.717) is 41.0 Å². The van der Waals surface area contributed by atoms with Crippen LogP contribution < -0.4 is 19.7 Å². The zero-order chi connectivity index (χ0) is 30.3. The Kier molecular flexibility index (Phi) is 9.77. The summed E-state index contributed by atoms with van der Waals surface area (Å²) in [5, 5.41) is 6.95. The highest BCUT2D eigenvalue weighted by molar-refractivity contribution is 7.77. The summed E-state index contributed by atoms with van der Waals surface area (Å²) in [6.07, 6.45) is 3.28. The Hall–Kier alpha value is -4.17. The van der Waals surface area contributed by atoms with Crippen LogP contribution in [0.3, 0.4) is 0 Å². The Balaban J connectivity index is 1.17. The first-order chi connectivity index (χ1) is 20.7. The number of hydrogen-bond donors (Lipinski definition) is 3. The predicted molar refractivity (Wildman–Crippen MR) is 161 cm³/mol. The number of halogens is 1. The molecule has 2 aromatic carbocycles. The summed E-state index contributed by atoms with van der Waals surface area (Å²) < 4.78 is 46.7. The van der Waals surface area contributed by atoms with Crippen molar-refractivity contribution >= 4 is 28.7 Å². The van der Waals surface area contributed by atoms with Crippen LogP contribution in [-0.2, 0) is 24.4 Å². The molecule has 2 amide bonds. The Labute approximate surface area is 251 Å². The van der Waals surface area contributed by atoms with E-state index in [9.17, 15) is 13.4 Å². The minimum Gasteiger partial charge on any atom is -0.439 e. The molecule has 1 unspecified atom stereocenters. The first-order valence-electron chi connectivity index (χ1n) is 13.8. The topological polar surface area (TPSA) is 133 Å². The molecule has 11 nitrogen and oxygen atoms in total. The number of ether oxygens (including phenoxy) is 1. The van der Waals surface area contributed by atoms with Gasteiger partial charge in [-0.25, -0.2) is 23.1 Å². The highest BCUT2D eigenvalue weighted by atomic mass is 32.2. The number of carbonyl (C=O) groups excluding carboxylic acids is 1. The van der Waals surface area contributed by atoms with Crippen molar-refractivity contribution < 1.29 is 27.2 Å². The second-order valence-corrected chi connectivity index (χ2v) is 11.1. The van der Waals surface area contributed by atoms with Crippen molar-refractivity contribution in [1.82, 2.24) is 19.8 Å². The maximum atomic E-state index is 13.5. The van der Waals surface area contributed by atoms with Gasteiger partial charge in [0.05, 0.1) is 0 Å². The Morgan fingerprint density at radius 3 is 2.40 bits per heavy atom. The molecule has 0 aliphatic carbocycles. The molecular formula is C30H33FN6O5S. The molecule has 4 aromatic rings. The number of benzene rings is 2. The van der Waals surface area contributed by atoms with Gasteiger partial charge in [-0.3, -0.25) is 14.4 Å². The molecule has 2 aromatic heterocycles. The third-order valence-corrected chi connectivity index (χ3v) is 7.61. The van der Waals surface area contributed by atoms with Crippen LogP contribution >= 0.6 is 0 Å². The zero-order valence-electron chi connectivity index (χ0n) is 23.8. The van der Waals surface area contributed by atoms with E-state index in [0.717, 1.165) is 37.1 Å². The van der Waals surface area contributed by atoms with Crippen molar-refractivity contribution in [2.45, 2.75) is 45.8 Å². The molecule has 1 saturated heterocycles. The number of aryl methyl sites for hydroxylation is 2. The van der Waals surface area contributed by atoms with Gasteiger partial charge in [0.25, 0.3) is 0 Å². The number of amides is 2. The number of likely N-dealkylation sites (tertiary alicyclic amines) is 1. The summed E-state index contributed by atoms with van der Waals surface area (Å²) in [5.41, 5.74) is 3.69. The normalized spacial score (nSPS) is 14.8. The average Bonchev–Trinajstić information content (AvgIpc) is 3.33. The number of hydrogen-bond acceptors (Lipinski definition) is 7. The molecule has 3 heterocycles. The number of anilines is 2. The molecule has 0 spiro atoms. The van der Waals surface area contributed by atoms with Crippen molar-refractivity contribution in [2.24, 2.45) is 0 Å². The van der Waals surface area contributed by atoms with Crippen molar-refractivity contribution in [3.63, 3.8) is 0 Å². The Bertz CT molecular complexity index is 1520. The van der Waals surface area contributed by atoms with E-state index in [2.05, 4.69) is 25.1 Å². The second kappa shape index (κ2) is 13.9. The number of pyridine rings is 1. The SMILES string of the molecule is Cc1noc(C)c1N(C(=O)Nc1ccc(F)cc1)C1CCN(Cc2ccc(Oc3ccc(CNS(=O)O)cc3)nc2)CC1. The van der Waals surface area contributed by atoms with Crippen molar-refractivity contribution in [1.29, 1.82) is 0 Å². The quantitative estimate of drug-likeness (QED) is 0.200. The molecule has 226 valence electrons. The molecule has 0 radical (unpaired) electrons. The highest BCUT2D eigenvalue weighted by Crippen LogP contribution is 2.31. The number of rotatable bonds is 10. The van der Waals surface area contributed by atoms with Gasteiger partial charge in [-0.15, -0.1) is 0 Å². The molecule has 0 bridgehead atoms. The molecular weight excluding hydrogens is 575 g/mol. The van der Waals surface area contributed by atoms with Gasteiger partial charge in [-0.2, -0.15) is 0 Å². The minimum absolute atomic E-state index is 0.0737. The number of nitrogens with one attached hydrogen (secondary N) is 2. The van der Waals surface area contributed by atoms with Crippen LogP contribution in [0.2, 0.25) is 0 Å². The highest BCUT2D eigenvalue weighted by Gasteiger charge is 2.33. The standard InChI is InChI=1S/C30H33FN6O5S/c1-20-29(21(2)42-35-20)37(30(38)34-25-8-6-24(31)7-9-25)26-13-15-36(16-14-26)19-23-5-12-28(32-17-23)41-27-10-3-22(4-11-27)18-33-43(39)40/h3-12,17,26,33H,13-16,18-19H2,1-2H3,(H,34,38)(H,39,40). The average molecular weight is 609 g/mol. The maximum Gasteiger partial charge on any atom is 0.326 e. The third-order valence-electron chi connectivity index (χ3n) is 7.22. The van der Waals surface area contributed by atoms with Gasteiger partial charge >= 0.3 is 6.03 Å². The minimum atomic E-state index is -2.06. The lowest BCUT2D eigenvalue weighted by Gasteiger charge is -2.38.